The molecule has 4 nitrogen and oxygen atoms in total. The molecule has 0 saturated heterocycles. The molecule has 2 rings (SSSR count). The first-order valence-corrected chi connectivity index (χ1v) is 5.15. The molecule has 1 aliphatic rings. The quantitative estimate of drug-likeness (QED) is 0.822. The van der Waals surface area contributed by atoms with E-state index in [4.69, 9.17) is 9.47 Å². The molecule has 1 N–H and O–H groups in total. The van der Waals surface area contributed by atoms with Gasteiger partial charge in [0.2, 0.25) is 5.72 Å². The van der Waals surface area contributed by atoms with E-state index in [0.29, 0.717) is 17.9 Å². The van der Waals surface area contributed by atoms with Gasteiger partial charge in [-0.05, 0) is 31.5 Å². The van der Waals surface area contributed by atoms with Gasteiger partial charge in [0.15, 0.2) is 0 Å². The number of nitrogens with one attached hydrogen (secondary N) is 1. The standard InChI is InChI=1S/C12H15NO3/c1-8-4-5-9-10(6-8)16-12(2,7-15-3)13-11(9)14/h4-6H,7H2,1-3H3,(H,13,14). The Labute approximate surface area is 94.6 Å². The smallest absolute Gasteiger partial charge is 0.258 e. The van der Waals surface area contributed by atoms with Gasteiger partial charge in [0, 0.05) is 7.11 Å². The van der Waals surface area contributed by atoms with Gasteiger partial charge in [0.25, 0.3) is 5.91 Å². The number of hydrogen-bond donors (Lipinski definition) is 1. The van der Waals surface area contributed by atoms with Crippen LogP contribution >= 0.6 is 0 Å². The third-order valence-corrected chi connectivity index (χ3v) is 2.51. The topological polar surface area (TPSA) is 47.6 Å². The maximum atomic E-state index is 11.8. The molecule has 1 aliphatic heterocycles. The van der Waals surface area contributed by atoms with Crippen LogP contribution < -0.4 is 10.1 Å². The molecule has 0 spiro atoms. The monoisotopic (exact) mass is 221 g/mol. The summed E-state index contributed by atoms with van der Waals surface area (Å²) in [6.07, 6.45) is 0. The Morgan fingerprint density at radius 3 is 2.94 bits per heavy atom. The number of methoxy groups -OCH3 is 1. The summed E-state index contributed by atoms with van der Waals surface area (Å²) in [4.78, 5) is 11.8. The Kier molecular flexibility index (Phi) is 2.59. The Bertz CT molecular complexity index is 430. The number of amides is 1. The lowest BCUT2D eigenvalue weighted by atomic mass is 10.1. The van der Waals surface area contributed by atoms with Gasteiger partial charge in [-0.25, -0.2) is 0 Å². The summed E-state index contributed by atoms with van der Waals surface area (Å²) in [6, 6.07) is 5.52. The number of aryl methyl sites for hydroxylation is 1. The molecule has 86 valence electrons. The summed E-state index contributed by atoms with van der Waals surface area (Å²) in [5, 5.41) is 2.78. The van der Waals surface area contributed by atoms with E-state index in [1.807, 2.05) is 19.1 Å². The summed E-state index contributed by atoms with van der Waals surface area (Å²) >= 11 is 0. The summed E-state index contributed by atoms with van der Waals surface area (Å²) in [7, 11) is 1.58. The zero-order valence-electron chi connectivity index (χ0n) is 9.66. The minimum atomic E-state index is -0.785. The first-order valence-electron chi connectivity index (χ1n) is 5.15. The fourth-order valence-electron chi connectivity index (χ4n) is 1.82. The van der Waals surface area contributed by atoms with Crippen molar-refractivity contribution in [2.24, 2.45) is 0 Å². The van der Waals surface area contributed by atoms with Crippen molar-refractivity contribution in [1.29, 1.82) is 0 Å². The molecule has 0 aromatic heterocycles. The molecule has 0 bridgehead atoms. The van der Waals surface area contributed by atoms with Crippen LogP contribution in [0, 0.1) is 6.92 Å². The highest BCUT2D eigenvalue weighted by Crippen LogP contribution is 2.28. The third kappa shape index (κ3) is 1.88. The molecule has 1 unspecified atom stereocenters. The van der Waals surface area contributed by atoms with Crippen LogP contribution in [0.3, 0.4) is 0 Å². The van der Waals surface area contributed by atoms with E-state index in [0.717, 1.165) is 5.56 Å². The highest BCUT2D eigenvalue weighted by atomic mass is 16.6. The molecule has 0 radical (unpaired) electrons. The number of benzene rings is 1. The summed E-state index contributed by atoms with van der Waals surface area (Å²) in [5.41, 5.74) is 0.847. The molecular weight excluding hydrogens is 206 g/mol. The maximum absolute atomic E-state index is 11.8. The number of carbonyl (C=O) groups is 1. The normalized spacial score (nSPS) is 23.3. The fourth-order valence-corrected chi connectivity index (χ4v) is 1.82. The zero-order chi connectivity index (χ0) is 11.8. The van der Waals surface area contributed by atoms with Crippen LogP contribution in [0.1, 0.15) is 22.8 Å². The van der Waals surface area contributed by atoms with Gasteiger partial charge in [0.05, 0.1) is 5.56 Å². The van der Waals surface area contributed by atoms with Crippen LogP contribution in [0.2, 0.25) is 0 Å². The SMILES string of the molecule is COCC1(C)NC(=O)c2ccc(C)cc2O1. The van der Waals surface area contributed by atoms with Crippen LogP contribution in [0.15, 0.2) is 18.2 Å². The minimum absolute atomic E-state index is 0.124. The highest BCUT2D eigenvalue weighted by Gasteiger charge is 2.35. The van der Waals surface area contributed by atoms with Gasteiger partial charge in [-0.3, -0.25) is 4.79 Å². The zero-order valence-corrected chi connectivity index (χ0v) is 9.66. The van der Waals surface area contributed by atoms with Gasteiger partial charge in [-0.15, -0.1) is 0 Å². The molecular formula is C12H15NO3. The van der Waals surface area contributed by atoms with Crippen LogP contribution in [-0.4, -0.2) is 25.3 Å². The molecule has 1 aromatic rings. The van der Waals surface area contributed by atoms with Crippen molar-refractivity contribution in [3.8, 4) is 5.75 Å². The Morgan fingerprint density at radius 1 is 1.50 bits per heavy atom. The minimum Gasteiger partial charge on any atom is -0.465 e. The fraction of sp³-hybridized carbons (Fsp3) is 0.417. The lowest BCUT2D eigenvalue weighted by molar-refractivity contribution is -0.0243. The first kappa shape index (κ1) is 11.0. The Balaban J connectivity index is 2.38. The third-order valence-electron chi connectivity index (χ3n) is 2.51. The van der Waals surface area contributed by atoms with E-state index in [2.05, 4.69) is 5.32 Å². The molecule has 1 aromatic carbocycles. The van der Waals surface area contributed by atoms with Crippen LogP contribution in [-0.2, 0) is 4.74 Å². The van der Waals surface area contributed by atoms with Gasteiger partial charge in [-0.1, -0.05) is 6.07 Å². The van der Waals surface area contributed by atoms with Gasteiger partial charge >= 0.3 is 0 Å². The molecule has 0 aliphatic carbocycles. The molecule has 0 fully saturated rings. The molecule has 16 heavy (non-hydrogen) atoms. The largest absolute Gasteiger partial charge is 0.465 e. The van der Waals surface area contributed by atoms with Crippen molar-refractivity contribution in [3.05, 3.63) is 29.3 Å². The maximum Gasteiger partial charge on any atom is 0.258 e. The molecule has 1 heterocycles. The molecule has 4 heteroatoms. The Morgan fingerprint density at radius 2 is 2.25 bits per heavy atom. The summed E-state index contributed by atoms with van der Waals surface area (Å²) in [6.45, 7) is 4.07. The van der Waals surface area contributed by atoms with E-state index in [1.54, 1.807) is 20.1 Å². The van der Waals surface area contributed by atoms with Gasteiger partial charge in [-0.2, -0.15) is 0 Å². The van der Waals surface area contributed by atoms with Crippen molar-refractivity contribution in [3.63, 3.8) is 0 Å². The highest BCUT2D eigenvalue weighted by molar-refractivity contribution is 5.98. The van der Waals surface area contributed by atoms with E-state index < -0.39 is 5.72 Å². The second kappa shape index (κ2) is 3.79. The van der Waals surface area contributed by atoms with Crippen LogP contribution in [0.5, 0.6) is 5.75 Å². The van der Waals surface area contributed by atoms with E-state index in [-0.39, 0.29) is 5.91 Å². The second-order valence-electron chi connectivity index (χ2n) is 4.22. The van der Waals surface area contributed by atoms with E-state index in [1.165, 1.54) is 0 Å². The average molecular weight is 221 g/mol. The van der Waals surface area contributed by atoms with Crippen molar-refractivity contribution in [2.45, 2.75) is 19.6 Å². The molecule has 1 atom stereocenters. The van der Waals surface area contributed by atoms with E-state index >= 15 is 0 Å². The average Bonchev–Trinajstić information content (AvgIpc) is 2.15. The summed E-state index contributed by atoms with van der Waals surface area (Å²) in [5.74, 6) is 0.490. The van der Waals surface area contributed by atoms with Crippen molar-refractivity contribution < 1.29 is 14.3 Å². The molecule has 0 saturated carbocycles. The number of rotatable bonds is 2. The van der Waals surface area contributed by atoms with Gasteiger partial charge in [0.1, 0.15) is 12.4 Å². The number of hydrogen-bond acceptors (Lipinski definition) is 3. The molecule has 1 amide bonds. The Hall–Kier alpha value is -1.55. The van der Waals surface area contributed by atoms with Crippen molar-refractivity contribution in [1.82, 2.24) is 5.32 Å². The lowest BCUT2D eigenvalue weighted by Crippen LogP contribution is -2.56. The summed E-state index contributed by atoms with van der Waals surface area (Å²) < 4.78 is 10.8. The second-order valence-corrected chi connectivity index (χ2v) is 4.22. The number of carbonyl (C=O) groups excluding carboxylic acids is 1. The van der Waals surface area contributed by atoms with Crippen molar-refractivity contribution in [2.75, 3.05) is 13.7 Å². The van der Waals surface area contributed by atoms with Gasteiger partial charge < -0.3 is 14.8 Å². The number of ether oxygens (including phenoxy) is 2. The van der Waals surface area contributed by atoms with Crippen LogP contribution in [0.4, 0.5) is 0 Å². The van der Waals surface area contributed by atoms with Crippen LogP contribution in [0.25, 0.3) is 0 Å². The first-order chi connectivity index (χ1) is 7.54. The predicted molar refractivity (Wildman–Crippen MR) is 59.6 cm³/mol. The van der Waals surface area contributed by atoms with Crippen molar-refractivity contribution >= 4 is 5.91 Å². The van der Waals surface area contributed by atoms with E-state index in [9.17, 15) is 4.79 Å². The lowest BCUT2D eigenvalue weighted by Gasteiger charge is -2.35. The number of fused-ring (bicyclic) bond motifs is 1. The predicted octanol–water partition coefficient (Wildman–Crippen LogP) is 1.48.